The second kappa shape index (κ2) is 10.8. The summed E-state index contributed by atoms with van der Waals surface area (Å²) in [7, 11) is 1.26. The van der Waals surface area contributed by atoms with Crippen molar-refractivity contribution < 1.29 is 19.1 Å². The SMILES string of the molecule is COC(=O)CN(Cc1ccc(Cl)cc1)C(=O)CC(NC(C)=O)c1ccc(Cl)cc1. The van der Waals surface area contributed by atoms with Gasteiger partial charge in [0.15, 0.2) is 0 Å². The van der Waals surface area contributed by atoms with E-state index in [-0.39, 0.29) is 31.3 Å². The van der Waals surface area contributed by atoms with Gasteiger partial charge in [-0.15, -0.1) is 0 Å². The van der Waals surface area contributed by atoms with Gasteiger partial charge in [0.25, 0.3) is 0 Å². The minimum atomic E-state index is -0.553. The van der Waals surface area contributed by atoms with Crippen molar-refractivity contribution in [3.05, 3.63) is 69.7 Å². The third-order valence-corrected chi connectivity index (χ3v) is 4.72. The number of esters is 1. The van der Waals surface area contributed by atoms with Crippen molar-refractivity contribution in [2.45, 2.75) is 25.9 Å². The van der Waals surface area contributed by atoms with Crippen LogP contribution in [0.1, 0.15) is 30.5 Å². The normalized spacial score (nSPS) is 11.4. The Hall–Kier alpha value is -2.57. The van der Waals surface area contributed by atoms with Gasteiger partial charge in [-0.2, -0.15) is 0 Å². The van der Waals surface area contributed by atoms with Gasteiger partial charge >= 0.3 is 5.97 Å². The molecule has 1 unspecified atom stereocenters. The van der Waals surface area contributed by atoms with Gasteiger partial charge in [0, 0.05) is 23.5 Å². The molecule has 2 aromatic carbocycles. The molecule has 0 heterocycles. The zero-order valence-electron chi connectivity index (χ0n) is 16.2. The average Bonchev–Trinajstić information content (AvgIpc) is 2.68. The fourth-order valence-corrected chi connectivity index (χ4v) is 3.01. The fourth-order valence-electron chi connectivity index (χ4n) is 2.76. The van der Waals surface area contributed by atoms with Gasteiger partial charge in [-0.1, -0.05) is 47.5 Å². The molecule has 0 aliphatic rings. The Balaban J connectivity index is 2.21. The predicted octanol–water partition coefficient (Wildman–Crippen LogP) is 3.76. The highest BCUT2D eigenvalue weighted by atomic mass is 35.5. The van der Waals surface area contributed by atoms with Crippen molar-refractivity contribution in [2.24, 2.45) is 0 Å². The van der Waals surface area contributed by atoms with Gasteiger partial charge in [-0.05, 0) is 35.4 Å². The molecule has 1 N–H and O–H groups in total. The van der Waals surface area contributed by atoms with Gasteiger partial charge in [0.05, 0.1) is 19.6 Å². The van der Waals surface area contributed by atoms with Crippen LogP contribution in [0, 0.1) is 0 Å². The lowest BCUT2D eigenvalue weighted by atomic mass is 10.0. The summed E-state index contributed by atoms with van der Waals surface area (Å²) >= 11 is 11.8. The molecule has 1 atom stereocenters. The van der Waals surface area contributed by atoms with Crippen LogP contribution in [0.5, 0.6) is 0 Å². The summed E-state index contributed by atoms with van der Waals surface area (Å²) in [6.45, 7) is 1.39. The smallest absolute Gasteiger partial charge is 0.325 e. The summed E-state index contributed by atoms with van der Waals surface area (Å²) in [6.07, 6.45) is -0.0220. The molecule has 2 amide bonds. The number of hydrogen-bond acceptors (Lipinski definition) is 4. The second-order valence-corrected chi connectivity index (χ2v) is 7.33. The van der Waals surface area contributed by atoms with Crippen LogP contribution >= 0.6 is 23.2 Å². The van der Waals surface area contributed by atoms with Crippen LogP contribution in [0.2, 0.25) is 10.0 Å². The minimum Gasteiger partial charge on any atom is -0.468 e. The molecule has 0 aliphatic carbocycles. The molecule has 0 bridgehead atoms. The molecule has 6 nitrogen and oxygen atoms in total. The van der Waals surface area contributed by atoms with Crippen LogP contribution < -0.4 is 5.32 Å². The molecule has 0 saturated heterocycles. The first-order valence-corrected chi connectivity index (χ1v) is 9.65. The highest BCUT2D eigenvalue weighted by Crippen LogP contribution is 2.21. The number of benzene rings is 2. The molecule has 0 radical (unpaired) electrons. The monoisotopic (exact) mass is 436 g/mol. The van der Waals surface area contributed by atoms with Crippen molar-refractivity contribution in [3.63, 3.8) is 0 Å². The lowest BCUT2D eigenvalue weighted by Gasteiger charge is -2.25. The number of nitrogens with one attached hydrogen (secondary N) is 1. The van der Waals surface area contributed by atoms with Crippen LogP contribution in [0.15, 0.2) is 48.5 Å². The van der Waals surface area contributed by atoms with E-state index in [0.717, 1.165) is 11.1 Å². The highest BCUT2D eigenvalue weighted by Gasteiger charge is 2.23. The number of nitrogens with zero attached hydrogens (tertiary/aromatic N) is 1. The summed E-state index contributed by atoms with van der Waals surface area (Å²) in [5, 5.41) is 3.91. The molecule has 0 fully saturated rings. The maximum Gasteiger partial charge on any atom is 0.325 e. The van der Waals surface area contributed by atoms with Crippen molar-refractivity contribution in [3.8, 4) is 0 Å². The molecule has 154 valence electrons. The molecule has 0 aliphatic heterocycles. The minimum absolute atomic E-state index is 0.0220. The van der Waals surface area contributed by atoms with Crippen molar-refractivity contribution in [1.29, 1.82) is 0 Å². The van der Waals surface area contributed by atoms with Gasteiger partial charge < -0.3 is 15.0 Å². The standard InChI is InChI=1S/C21H22Cl2N2O4/c1-14(26)24-19(16-5-9-18(23)10-6-16)11-20(27)25(13-21(28)29-2)12-15-3-7-17(22)8-4-15/h3-10,19H,11-13H2,1-2H3,(H,24,26). The van der Waals surface area contributed by atoms with E-state index in [2.05, 4.69) is 5.32 Å². The maximum atomic E-state index is 13.0. The van der Waals surface area contributed by atoms with Crippen LogP contribution in [0.4, 0.5) is 0 Å². The summed E-state index contributed by atoms with van der Waals surface area (Å²) in [6, 6.07) is 13.3. The number of carbonyl (C=O) groups is 3. The van der Waals surface area contributed by atoms with Gasteiger partial charge in [0.1, 0.15) is 6.54 Å². The third-order valence-electron chi connectivity index (χ3n) is 4.22. The van der Waals surface area contributed by atoms with E-state index in [9.17, 15) is 14.4 Å². The zero-order valence-corrected chi connectivity index (χ0v) is 17.7. The first-order valence-electron chi connectivity index (χ1n) is 8.90. The molecular weight excluding hydrogens is 415 g/mol. The van der Waals surface area contributed by atoms with Crippen LogP contribution in [0.25, 0.3) is 0 Å². The molecule has 2 aromatic rings. The lowest BCUT2D eigenvalue weighted by molar-refractivity contribution is -0.147. The predicted molar refractivity (Wildman–Crippen MR) is 112 cm³/mol. The van der Waals surface area contributed by atoms with E-state index < -0.39 is 12.0 Å². The second-order valence-electron chi connectivity index (χ2n) is 6.46. The first-order chi connectivity index (χ1) is 13.8. The number of halogens is 2. The number of rotatable bonds is 8. The molecule has 2 rings (SSSR count). The molecule has 0 aromatic heterocycles. The van der Waals surface area contributed by atoms with E-state index in [1.54, 1.807) is 48.5 Å². The molecule has 29 heavy (non-hydrogen) atoms. The third kappa shape index (κ3) is 7.40. The van der Waals surface area contributed by atoms with E-state index in [0.29, 0.717) is 10.0 Å². The van der Waals surface area contributed by atoms with Gasteiger partial charge in [0.2, 0.25) is 11.8 Å². The maximum absolute atomic E-state index is 13.0. The van der Waals surface area contributed by atoms with E-state index in [4.69, 9.17) is 27.9 Å². The number of hydrogen-bond donors (Lipinski definition) is 1. The number of amides is 2. The Morgan fingerprint density at radius 1 is 1.00 bits per heavy atom. The Kier molecular flexibility index (Phi) is 8.49. The fraction of sp³-hybridized carbons (Fsp3) is 0.286. The van der Waals surface area contributed by atoms with Gasteiger partial charge in [-0.25, -0.2) is 0 Å². The molecule has 8 heteroatoms. The Labute approximate surface area is 179 Å². The summed E-state index contributed by atoms with van der Waals surface area (Å²) in [5.41, 5.74) is 1.55. The van der Waals surface area contributed by atoms with Crippen molar-refractivity contribution >= 4 is 41.0 Å². The van der Waals surface area contributed by atoms with Crippen molar-refractivity contribution in [1.82, 2.24) is 10.2 Å². The molecular formula is C21H22Cl2N2O4. The van der Waals surface area contributed by atoms with E-state index >= 15 is 0 Å². The zero-order chi connectivity index (χ0) is 21.4. The average molecular weight is 437 g/mol. The van der Waals surface area contributed by atoms with Crippen molar-refractivity contribution in [2.75, 3.05) is 13.7 Å². The van der Waals surface area contributed by atoms with Crippen LogP contribution in [-0.4, -0.2) is 36.3 Å². The van der Waals surface area contributed by atoms with Crippen LogP contribution in [-0.2, 0) is 25.7 Å². The quantitative estimate of drug-likeness (QED) is 0.639. The number of carbonyl (C=O) groups excluding carboxylic acids is 3. The Morgan fingerprint density at radius 2 is 1.55 bits per heavy atom. The molecule has 0 spiro atoms. The highest BCUT2D eigenvalue weighted by molar-refractivity contribution is 6.30. The summed E-state index contributed by atoms with van der Waals surface area (Å²) < 4.78 is 4.72. The number of methoxy groups -OCH3 is 1. The molecule has 0 saturated carbocycles. The van der Waals surface area contributed by atoms with E-state index in [1.807, 2.05) is 0 Å². The summed E-state index contributed by atoms with van der Waals surface area (Å²) in [4.78, 5) is 37.9. The van der Waals surface area contributed by atoms with Crippen LogP contribution in [0.3, 0.4) is 0 Å². The summed E-state index contributed by atoms with van der Waals surface area (Å²) in [5.74, 6) is -1.11. The largest absolute Gasteiger partial charge is 0.468 e. The topological polar surface area (TPSA) is 75.7 Å². The lowest BCUT2D eigenvalue weighted by Crippen LogP contribution is -2.38. The Morgan fingerprint density at radius 3 is 2.07 bits per heavy atom. The first kappa shape index (κ1) is 22.7. The number of ether oxygens (including phenoxy) is 1. The van der Waals surface area contributed by atoms with E-state index in [1.165, 1.54) is 18.9 Å². The van der Waals surface area contributed by atoms with Gasteiger partial charge in [-0.3, -0.25) is 14.4 Å². The Bertz CT molecular complexity index is 854.